The number of aromatic amines is 1. The zero-order valence-electron chi connectivity index (χ0n) is 10.9. The predicted octanol–water partition coefficient (Wildman–Crippen LogP) is 1.27. The van der Waals surface area contributed by atoms with E-state index in [9.17, 15) is 10.1 Å². The Kier molecular flexibility index (Phi) is 2.43. The van der Waals surface area contributed by atoms with Gasteiger partial charge in [-0.3, -0.25) is 10.1 Å². The molecule has 1 aromatic carbocycles. The number of H-pyrrole nitrogens is 1. The maximum absolute atomic E-state index is 10.8. The smallest absolute Gasteiger partial charge is 0.271 e. The van der Waals surface area contributed by atoms with Crippen molar-refractivity contribution < 1.29 is 4.92 Å². The van der Waals surface area contributed by atoms with Gasteiger partial charge < -0.3 is 15.2 Å². The van der Waals surface area contributed by atoms with Crippen molar-refractivity contribution in [3.05, 3.63) is 28.3 Å². The highest BCUT2D eigenvalue weighted by Gasteiger charge is 2.38. The summed E-state index contributed by atoms with van der Waals surface area (Å²) < 4.78 is 0. The fourth-order valence-electron chi connectivity index (χ4n) is 3.35. The van der Waals surface area contributed by atoms with Crippen LogP contribution >= 0.6 is 0 Å². The van der Waals surface area contributed by atoms with E-state index < -0.39 is 0 Å². The summed E-state index contributed by atoms with van der Waals surface area (Å²) in [4.78, 5) is 20.5. The molecule has 2 aliphatic rings. The van der Waals surface area contributed by atoms with Crippen LogP contribution in [0.25, 0.3) is 11.0 Å². The third-order valence-corrected chi connectivity index (χ3v) is 4.38. The van der Waals surface area contributed by atoms with Crippen molar-refractivity contribution in [3.8, 4) is 0 Å². The number of aromatic nitrogens is 2. The van der Waals surface area contributed by atoms with Crippen molar-refractivity contribution in [3.63, 3.8) is 0 Å². The Labute approximate surface area is 115 Å². The van der Waals surface area contributed by atoms with Crippen LogP contribution in [0.1, 0.15) is 6.42 Å². The van der Waals surface area contributed by atoms with Crippen molar-refractivity contribution in [2.45, 2.75) is 12.5 Å². The minimum atomic E-state index is -0.382. The van der Waals surface area contributed by atoms with Gasteiger partial charge in [0.2, 0.25) is 5.95 Å². The standard InChI is InChI=1S/C13H15N5O2/c19-18(20)9-1-2-10-11(5-9)16-13(15-10)17-4-3-8-6-14-7-12(8)17/h1-2,5,8,12,14H,3-4,6-7H2,(H,15,16)/t8-,12+/m0/s1. The molecule has 104 valence electrons. The SMILES string of the molecule is O=[N+]([O-])c1ccc2nc(N3CC[C@H]4CNC[C@H]43)[nH]c2c1. The number of fused-ring (bicyclic) bond motifs is 2. The third kappa shape index (κ3) is 1.66. The van der Waals surface area contributed by atoms with Crippen LogP contribution in [0.2, 0.25) is 0 Å². The number of hydrogen-bond donors (Lipinski definition) is 2. The monoisotopic (exact) mass is 273 g/mol. The van der Waals surface area contributed by atoms with Crippen molar-refractivity contribution in [2.24, 2.45) is 5.92 Å². The molecule has 0 radical (unpaired) electrons. The molecule has 20 heavy (non-hydrogen) atoms. The average molecular weight is 273 g/mol. The van der Waals surface area contributed by atoms with E-state index in [1.165, 1.54) is 12.5 Å². The highest BCUT2D eigenvalue weighted by atomic mass is 16.6. The number of anilines is 1. The predicted molar refractivity (Wildman–Crippen MR) is 74.9 cm³/mol. The van der Waals surface area contributed by atoms with Crippen LogP contribution < -0.4 is 10.2 Å². The lowest BCUT2D eigenvalue weighted by Crippen LogP contribution is -2.34. The number of nitrogens with zero attached hydrogens (tertiary/aromatic N) is 3. The second-order valence-corrected chi connectivity index (χ2v) is 5.49. The highest BCUT2D eigenvalue weighted by Crippen LogP contribution is 2.31. The Morgan fingerprint density at radius 1 is 1.40 bits per heavy atom. The van der Waals surface area contributed by atoms with Gasteiger partial charge in [0.15, 0.2) is 0 Å². The molecule has 7 nitrogen and oxygen atoms in total. The second kappa shape index (κ2) is 4.17. The molecule has 3 heterocycles. The summed E-state index contributed by atoms with van der Waals surface area (Å²) in [7, 11) is 0. The molecular formula is C13H15N5O2. The Balaban J connectivity index is 1.72. The summed E-state index contributed by atoms with van der Waals surface area (Å²) >= 11 is 0. The minimum Gasteiger partial charge on any atom is -0.338 e. The van der Waals surface area contributed by atoms with E-state index in [4.69, 9.17) is 0 Å². The Hall–Kier alpha value is -2.15. The van der Waals surface area contributed by atoms with Gasteiger partial charge in [-0.25, -0.2) is 4.98 Å². The van der Waals surface area contributed by atoms with Crippen molar-refractivity contribution in [1.29, 1.82) is 0 Å². The molecular weight excluding hydrogens is 258 g/mol. The zero-order chi connectivity index (χ0) is 13.7. The van der Waals surface area contributed by atoms with Gasteiger partial charge in [0.1, 0.15) is 0 Å². The molecule has 2 atom stereocenters. The summed E-state index contributed by atoms with van der Waals surface area (Å²) in [6.07, 6.45) is 1.18. The van der Waals surface area contributed by atoms with Gasteiger partial charge >= 0.3 is 0 Å². The third-order valence-electron chi connectivity index (χ3n) is 4.38. The van der Waals surface area contributed by atoms with Crippen LogP contribution in [-0.2, 0) is 0 Å². The maximum Gasteiger partial charge on any atom is 0.271 e. The largest absolute Gasteiger partial charge is 0.338 e. The van der Waals surface area contributed by atoms with E-state index >= 15 is 0 Å². The number of hydrogen-bond acceptors (Lipinski definition) is 5. The maximum atomic E-state index is 10.8. The molecule has 7 heteroatoms. The van der Waals surface area contributed by atoms with Crippen LogP contribution in [0.5, 0.6) is 0 Å². The zero-order valence-corrected chi connectivity index (χ0v) is 10.9. The summed E-state index contributed by atoms with van der Waals surface area (Å²) in [5, 5.41) is 14.2. The lowest BCUT2D eigenvalue weighted by Gasteiger charge is -2.22. The molecule has 4 rings (SSSR count). The van der Waals surface area contributed by atoms with Gasteiger partial charge in [0.25, 0.3) is 5.69 Å². The first-order chi connectivity index (χ1) is 9.72. The summed E-state index contributed by atoms with van der Waals surface area (Å²) in [5.41, 5.74) is 1.60. The Morgan fingerprint density at radius 3 is 3.15 bits per heavy atom. The normalized spacial score (nSPS) is 25.3. The molecule has 1 aromatic heterocycles. The fraction of sp³-hybridized carbons (Fsp3) is 0.462. The van der Waals surface area contributed by atoms with Crippen LogP contribution in [0.15, 0.2) is 18.2 Å². The molecule has 2 aliphatic heterocycles. The number of nitro groups is 1. The molecule has 0 spiro atoms. The van der Waals surface area contributed by atoms with E-state index in [2.05, 4.69) is 20.2 Å². The lowest BCUT2D eigenvalue weighted by atomic mass is 10.1. The molecule has 2 N–H and O–H groups in total. The topological polar surface area (TPSA) is 87.1 Å². The van der Waals surface area contributed by atoms with Crippen LogP contribution in [0, 0.1) is 16.0 Å². The number of non-ortho nitro benzene ring substituents is 1. The number of rotatable bonds is 2. The molecule has 0 unspecified atom stereocenters. The number of nitrogens with one attached hydrogen (secondary N) is 2. The van der Waals surface area contributed by atoms with Gasteiger partial charge in [-0.15, -0.1) is 0 Å². The van der Waals surface area contributed by atoms with Gasteiger partial charge in [0.05, 0.1) is 16.0 Å². The average Bonchev–Trinajstić information content (AvgIpc) is 3.11. The molecule has 0 saturated carbocycles. The number of imidazole rings is 1. The molecule has 0 bridgehead atoms. The Morgan fingerprint density at radius 2 is 2.30 bits per heavy atom. The van der Waals surface area contributed by atoms with Crippen molar-refractivity contribution in [1.82, 2.24) is 15.3 Å². The number of benzene rings is 1. The molecule has 0 amide bonds. The lowest BCUT2D eigenvalue weighted by molar-refractivity contribution is -0.384. The second-order valence-electron chi connectivity index (χ2n) is 5.49. The van der Waals surface area contributed by atoms with Gasteiger partial charge in [-0.1, -0.05) is 0 Å². The molecule has 0 aliphatic carbocycles. The summed E-state index contributed by atoms with van der Waals surface area (Å²) in [6.45, 7) is 3.06. The van der Waals surface area contributed by atoms with Gasteiger partial charge in [-0.2, -0.15) is 0 Å². The van der Waals surface area contributed by atoms with Crippen molar-refractivity contribution >= 4 is 22.7 Å². The highest BCUT2D eigenvalue weighted by molar-refractivity contribution is 5.80. The Bertz CT molecular complexity index is 682. The van der Waals surface area contributed by atoms with E-state index in [-0.39, 0.29) is 10.6 Å². The minimum absolute atomic E-state index is 0.0922. The van der Waals surface area contributed by atoms with Crippen LogP contribution in [0.3, 0.4) is 0 Å². The summed E-state index contributed by atoms with van der Waals surface area (Å²) in [5.74, 6) is 1.52. The summed E-state index contributed by atoms with van der Waals surface area (Å²) in [6, 6.07) is 5.24. The molecule has 2 fully saturated rings. The van der Waals surface area contributed by atoms with E-state index in [1.807, 2.05) is 0 Å². The van der Waals surface area contributed by atoms with Crippen LogP contribution in [0.4, 0.5) is 11.6 Å². The van der Waals surface area contributed by atoms with Crippen molar-refractivity contribution in [2.75, 3.05) is 24.5 Å². The van der Waals surface area contributed by atoms with E-state index in [0.29, 0.717) is 12.0 Å². The van der Waals surface area contributed by atoms with E-state index in [1.54, 1.807) is 12.1 Å². The van der Waals surface area contributed by atoms with Crippen LogP contribution in [-0.4, -0.2) is 40.6 Å². The molecule has 2 saturated heterocycles. The van der Waals surface area contributed by atoms with E-state index in [0.717, 1.165) is 36.6 Å². The quantitative estimate of drug-likeness (QED) is 0.635. The fourth-order valence-corrected chi connectivity index (χ4v) is 3.35. The first-order valence-corrected chi connectivity index (χ1v) is 6.84. The van der Waals surface area contributed by atoms with Gasteiger partial charge in [0, 0.05) is 37.8 Å². The molecule has 2 aromatic rings. The van der Waals surface area contributed by atoms with Gasteiger partial charge in [-0.05, 0) is 18.4 Å². The first kappa shape index (κ1) is 11.7. The first-order valence-electron chi connectivity index (χ1n) is 6.84. The number of nitro benzene ring substituents is 1.